The Balaban J connectivity index is 2.30. The molecule has 0 aromatic heterocycles. The van der Waals surface area contributed by atoms with Crippen LogP contribution in [0.4, 0.5) is 0 Å². The highest BCUT2D eigenvalue weighted by atomic mass is 35.5. The van der Waals surface area contributed by atoms with E-state index in [2.05, 4.69) is 0 Å². The minimum atomic E-state index is -0.299. The van der Waals surface area contributed by atoms with Gasteiger partial charge in [0.1, 0.15) is 5.75 Å². The normalized spacial score (nSPS) is 16.0. The highest BCUT2D eigenvalue weighted by molar-refractivity contribution is 6.37. The van der Waals surface area contributed by atoms with E-state index in [1.807, 2.05) is 0 Å². The lowest BCUT2D eigenvalue weighted by atomic mass is 10.1. The topological polar surface area (TPSA) is 49.8 Å². The number of phenolic OH excluding ortho intramolecular Hbond substituents is 1. The van der Waals surface area contributed by atoms with Crippen LogP contribution in [0.5, 0.6) is 5.75 Å². The molecular formula is C11H11Cl2NO3. The minimum absolute atomic E-state index is 0.0953. The van der Waals surface area contributed by atoms with E-state index in [9.17, 15) is 9.90 Å². The molecule has 0 bridgehead atoms. The van der Waals surface area contributed by atoms with Gasteiger partial charge in [-0.1, -0.05) is 23.2 Å². The number of benzene rings is 1. The summed E-state index contributed by atoms with van der Waals surface area (Å²) in [5.41, 5.74) is 0.0953. The molecule has 1 N–H and O–H groups in total. The van der Waals surface area contributed by atoms with Crippen molar-refractivity contribution in [2.45, 2.75) is 0 Å². The van der Waals surface area contributed by atoms with Crippen LogP contribution in [-0.2, 0) is 4.74 Å². The number of rotatable bonds is 1. The number of hydrogen-bond donors (Lipinski definition) is 1. The fourth-order valence-corrected chi connectivity index (χ4v) is 2.26. The van der Waals surface area contributed by atoms with E-state index in [1.165, 1.54) is 12.1 Å². The molecule has 2 rings (SSSR count). The van der Waals surface area contributed by atoms with Gasteiger partial charge in [-0.2, -0.15) is 0 Å². The summed E-state index contributed by atoms with van der Waals surface area (Å²) in [4.78, 5) is 13.7. The zero-order chi connectivity index (χ0) is 12.4. The summed E-state index contributed by atoms with van der Waals surface area (Å²) in [6.07, 6.45) is 0. The van der Waals surface area contributed by atoms with Crippen molar-refractivity contribution in [1.82, 2.24) is 4.90 Å². The molecule has 4 nitrogen and oxygen atoms in total. The van der Waals surface area contributed by atoms with Crippen molar-refractivity contribution in [1.29, 1.82) is 0 Å². The van der Waals surface area contributed by atoms with E-state index >= 15 is 0 Å². The smallest absolute Gasteiger partial charge is 0.259 e. The van der Waals surface area contributed by atoms with Crippen molar-refractivity contribution in [3.8, 4) is 5.75 Å². The average Bonchev–Trinajstić information content (AvgIpc) is 2.28. The molecule has 0 atom stereocenters. The van der Waals surface area contributed by atoms with Crippen molar-refractivity contribution in [3.63, 3.8) is 0 Å². The average molecular weight is 276 g/mol. The van der Waals surface area contributed by atoms with Gasteiger partial charge in [-0.05, 0) is 12.1 Å². The van der Waals surface area contributed by atoms with E-state index in [0.29, 0.717) is 31.3 Å². The number of amides is 1. The van der Waals surface area contributed by atoms with Crippen LogP contribution in [0.3, 0.4) is 0 Å². The van der Waals surface area contributed by atoms with E-state index in [-0.39, 0.29) is 22.2 Å². The second-order valence-electron chi connectivity index (χ2n) is 3.69. The van der Waals surface area contributed by atoms with Crippen LogP contribution in [0, 0.1) is 0 Å². The first-order valence-electron chi connectivity index (χ1n) is 5.14. The predicted molar refractivity (Wildman–Crippen MR) is 64.8 cm³/mol. The van der Waals surface area contributed by atoms with Gasteiger partial charge in [0.05, 0.1) is 23.8 Å². The summed E-state index contributed by atoms with van der Waals surface area (Å²) in [6.45, 7) is 1.99. The number of ether oxygens (including phenoxy) is 1. The summed E-state index contributed by atoms with van der Waals surface area (Å²) in [5.74, 6) is -0.494. The van der Waals surface area contributed by atoms with Gasteiger partial charge in [0, 0.05) is 18.1 Å². The lowest BCUT2D eigenvalue weighted by Gasteiger charge is -2.27. The Morgan fingerprint density at radius 1 is 1.29 bits per heavy atom. The molecule has 0 radical (unpaired) electrons. The molecule has 0 unspecified atom stereocenters. The minimum Gasteiger partial charge on any atom is -0.507 e. The van der Waals surface area contributed by atoms with E-state index < -0.39 is 0 Å². The third-order valence-corrected chi connectivity index (χ3v) is 3.06. The van der Waals surface area contributed by atoms with Gasteiger partial charge < -0.3 is 14.7 Å². The van der Waals surface area contributed by atoms with Crippen LogP contribution in [0.25, 0.3) is 0 Å². The molecule has 1 heterocycles. The first-order valence-corrected chi connectivity index (χ1v) is 5.90. The van der Waals surface area contributed by atoms with Crippen molar-refractivity contribution in [2.24, 2.45) is 0 Å². The van der Waals surface area contributed by atoms with Crippen molar-refractivity contribution < 1.29 is 14.6 Å². The zero-order valence-electron chi connectivity index (χ0n) is 8.95. The predicted octanol–water partition coefficient (Wildman–Crippen LogP) is 2.17. The first kappa shape index (κ1) is 12.5. The van der Waals surface area contributed by atoms with Crippen LogP contribution in [0.2, 0.25) is 10.0 Å². The molecule has 17 heavy (non-hydrogen) atoms. The number of halogens is 2. The standard InChI is InChI=1S/C11H11Cl2NO3/c12-7-5-8(13)10(9(15)6-7)11(16)14-1-3-17-4-2-14/h5-6,15H,1-4H2. The first-order chi connectivity index (χ1) is 8.09. The molecule has 0 saturated carbocycles. The van der Waals surface area contributed by atoms with Crippen LogP contribution in [-0.4, -0.2) is 42.2 Å². The third-order valence-electron chi connectivity index (χ3n) is 2.55. The Bertz CT molecular complexity index is 421. The Hall–Kier alpha value is -0.970. The van der Waals surface area contributed by atoms with E-state index in [4.69, 9.17) is 27.9 Å². The summed E-state index contributed by atoms with van der Waals surface area (Å²) >= 11 is 11.6. The van der Waals surface area contributed by atoms with Gasteiger partial charge in [-0.15, -0.1) is 0 Å². The van der Waals surface area contributed by atoms with Crippen LogP contribution in [0.1, 0.15) is 10.4 Å². The fraction of sp³-hybridized carbons (Fsp3) is 0.364. The second-order valence-corrected chi connectivity index (χ2v) is 4.53. The fourth-order valence-electron chi connectivity index (χ4n) is 1.70. The lowest BCUT2D eigenvalue weighted by Crippen LogP contribution is -2.40. The number of hydrogen-bond acceptors (Lipinski definition) is 3. The number of carbonyl (C=O) groups is 1. The molecule has 1 fully saturated rings. The Morgan fingerprint density at radius 3 is 2.53 bits per heavy atom. The second kappa shape index (κ2) is 5.12. The van der Waals surface area contributed by atoms with Crippen LogP contribution < -0.4 is 0 Å². The maximum Gasteiger partial charge on any atom is 0.259 e. The molecule has 92 valence electrons. The molecule has 1 aliphatic rings. The van der Waals surface area contributed by atoms with Gasteiger partial charge in [0.25, 0.3) is 5.91 Å². The molecule has 1 aliphatic heterocycles. The zero-order valence-corrected chi connectivity index (χ0v) is 10.5. The SMILES string of the molecule is O=C(c1c(O)cc(Cl)cc1Cl)N1CCOCC1. The number of carbonyl (C=O) groups excluding carboxylic acids is 1. The summed E-state index contributed by atoms with van der Waals surface area (Å²) in [5, 5.41) is 10.2. The van der Waals surface area contributed by atoms with Gasteiger partial charge in [0.15, 0.2) is 0 Å². The highest BCUT2D eigenvalue weighted by Crippen LogP contribution is 2.31. The van der Waals surface area contributed by atoms with Crippen LogP contribution in [0.15, 0.2) is 12.1 Å². The lowest BCUT2D eigenvalue weighted by molar-refractivity contribution is 0.0301. The molecule has 1 amide bonds. The molecule has 6 heteroatoms. The number of phenols is 1. The quantitative estimate of drug-likeness (QED) is 0.855. The maximum absolute atomic E-state index is 12.1. The Kier molecular flexibility index (Phi) is 3.76. The van der Waals surface area contributed by atoms with Crippen molar-refractivity contribution in [2.75, 3.05) is 26.3 Å². The summed E-state index contributed by atoms with van der Waals surface area (Å²) in [6, 6.07) is 2.75. The van der Waals surface area contributed by atoms with E-state index in [0.717, 1.165) is 0 Å². The molecule has 0 aliphatic carbocycles. The number of nitrogens with zero attached hydrogens (tertiary/aromatic N) is 1. The molecule has 1 aromatic carbocycles. The van der Waals surface area contributed by atoms with Crippen LogP contribution >= 0.6 is 23.2 Å². The summed E-state index contributed by atoms with van der Waals surface area (Å²) in [7, 11) is 0. The Morgan fingerprint density at radius 2 is 1.94 bits per heavy atom. The van der Waals surface area contributed by atoms with Crippen molar-refractivity contribution >= 4 is 29.1 Å². The largest absolute Gasteiger partial charge is 0.507 e. The van der Waals surface area contributed by atoms with Crippen molar-refractivity contribution in [3.05, 3.63) is 27.7 Å². The highest BCUT2D eigenvalue weighted by Gasteiger charge is 2.23. The maximum atomic E-state index is 12.1. The van der Waals surface area contributed by atoms with Gasteiger partial charge in [0.2, 0.25) is 0 Å². The number of morpholine rings is 1. The van der Waals surface area contributed by atoms with E-state index in [1.54, 1.807) is 4.90 Å². The number of aromatic hydroxyl groups is 1. The molecule has 1 aromatic rings. The van der Waals surface area contributed by atoms with Gasteiger partial charge >= 0.3 is 0 Å². The third kappa shape index (κ3) is 2.65. The monoisotopic (exact) mass is 275 g/mol. The molecule has 1 saturated heterocycles. The van der Waals surface area contributed by atoms with Gasteiger partial charge in [-0.25, -0.2) is 0 Å². The molecule has 0 spiro atoms. The van der Waals surface area contributed by atoms with Gasteiger partial charge in [-0.3, -0.25) is 4.79 Å². The molecular weight excluding hydrogens is 265 g/mol. The Labute approximate surface area is 109 Å². The summed E-state index contributed by atoms with van der Waals surface area (Å²) < 4.78 is 5.15.